The lowest BCUT2D eigenvalue weighted by atomic mass is 9.59. The van der Waals surface area contributed by atoms with Crippen LogP contribution in [0.1, 0.15) is 87.4 Å². The molecule has 1 spiro atoms. The normalized spacial score (nSPS) is 21.9. The molecule has 16 nitrogen and oxygen atoms in total. The Morgan fingerprint density at radius 1 is 0.973 bits per heavy atom. The van der Waals surface area contributed by atoms with Gasteiger partial charge >= 0.3 is 0 Å². The van der Waals surface area contributed by atoms with E-state index in [1.165, 1.54) is 23.0 Å². The van der Waals surface area contributed by atoms with Crippen molar-refractivity contribution in [1.82, 2.24) is 39.4 Å². The molecule has 3 saturated heterocycles. The quantitative estimate of drug-likeness (QED) is 0.0617. The van der Waals surface area contributed by atoms with E-state index < -0.39 is 32.2 Å². The van der Waals surface area contributed by atoms with Gasteiger partial charge in [0.2, 0.25) is 0 Å². The van der Waals surface area contributed by atoms with Crippen LogP contribution in [0.3, 0.4) is 0 Å². The second kappa shape index (κ2) is 20.4. The zero-order valence-electron chi connectivity index (χ0n) is 42.3. The Morgan fingerprint density at radius 3 is 2.53 bits per heavy atom. The van der Waals surface area contributed by atoms with Gasteiger partial charge in [-0.3, -0.25) is 19.5 Å². The largest absolute Gasteiger partial charge is 0.506 e. The fourth-order valence-corrected chi connectivity index (χ4v) is 13.3. The van der Waals surface area contributed by atoms with Crippen LogP contribution < -0.4 is 19.5 Å². The van der Waals surface area contributed by atoms with Crippen molar-refractivity contribution in [3.05, 3.63) is 126 Å². The van der Waals surface area contributed by atoms with E-state index in [1.54, 1.807) is 25.6 Å². The number of methoxy groups -OCH3 is 1. The average molecular weight is 1030 g/mol. The summed E-state index contributed by atoms with van der Waals surface area (Å²) in [5, 5.41) is 14.9. The molecule has 11 rings (SSSR count). The number of hydrogen-bond acceptors (Lipinski definition) is 13. The number of benzene rings is 3. The summed E-state index contributed by atoms with van der Waals surface area (Å²) in [6.07, 6.45) is 13.6. The van der Waals surface area contributed by atoms with Crippen LogP contribution in [0.25, 0.3) is 22.1 Å². The number of aromatic amines is 2. The Hall–Kier alpha value is -6.31. The molecule has 6 aromatic rings. The summed E-state index contributed by atoms with van der Waals surface area (Å²) in [6.45, 7) is 10.7. The van der Waals surface area contributed by atoms with E-state index in [-0.39, 0.29) is 72.1 Å². The van der Waals surface area contributed by atoms with E-state index in [4.69, 9.17) is 14.2 Å². The first-order valence-corrected chi connectivity index (χ1v) is 27.5. The number of phenolic OH excluding ortho intramolecular Hbond substituents is 1. The molecule has 18 heteroatoms. The summed E-state index contributed by atoms with van der Waals surface area (Å²) in [6, 6.07) is 22.9. The summed E-state index contributed by atoms with van der Waals surface area (Å²) in [7, 11) is -2.93. The molecule has 2 aliphatic carbocycles. The Bertz CT molecular complexity index is 3190. The molecule has 1 saturated carbocycles. The molecule has 4 fully saturated rings. The van der Waals surface area contributed by atoms with Gasteiger partial charge in [0.1, 0.15) is 50.4 Å². The third-order valence-electron chi connectivity index (χ3n) is 16.3. The second-order valence-electron chi connectivity index (χ2n) is 21.3. The van der Waals surface area contributed by atoms with Crippen LogP contribution in [0.5, 0.6) is 17.2 Å². The van der Waals surface area contributed by atoms with Gasteiger partial charge in [-0.2, -0.15) is 0 Å². The lowest BCUT2D eigenvalue weighted by Crippen LogP contribution is -2.60. The van der Waals surface area contributed by atoms with Crippen LogP contribution in [-0.4, -0.2) is 131 Å². The van der Waals surface area contributed by atoms with E-state index in [0.29, 0.717) is 35.8 Å². The number of amides is 1. The maximum absolute atomic E-state index is 15.5. The predicted molar refractivity (Wildman–Crippen MR) is 281 cm³/mol. The molecular weight excluding hydrogens is 962 g/mol. The highest BCUT2D eigenvalue weighted by atomic mass is 32.2. The maximum atomic E-state index is 15.5. The molecule has 0 bridgehead atoms. The van der Waals surface area contributed by atoms with Crippen molar-refractivity contribution < 1.29 is 36.9 Å². The molecule has 3 aromatic heterocycles. The van der Waals surface area contributed by atoms with E-state index in [2.05, 4.69) is 94.9 Å². The topological polar surface area (TPSA) is 190 Å². The zero-order valence-corrected chi connectivity index (χ0v) is 43.1. The number of piperazine rings is 1. The molecule has 3 aromatic carbocycles. The number of fused-ring (bicyclic) bond motifs is 2. The number of phenols is 1. The number of pyridine rings is 1. The van der Waals surface area contributed by atoms with Gasteiger partial charge in [0.05, 0.1) is 30.7 Å². The highest BCUT2D eigenvalue weighted by molar-refractivity contribution is 7.90. The Labute approximate surface area is 431 Å². The summed E-state index contributed by atoms with van der Waals surface area (Å²) < 4.78 is 63.3. The van der Waals surface area contributed by atoms with Crippen molar-refractivity contribution in [2.24, 2.45) is 5.41 Å². The standard InChI is InChI=1S/C56H66FN9O7S/c1-36(2)43-6-4-5-7-44(43)46-33-64(32-37-8-11-41(71-3)12-9-37)22-23-66(46)40-29-55(30-40)15-20-65(21-16-55)39-10-13-45(48(27-39)73-42-26-38-14-19-58-53(38)59-31-42)54(68)63-74(69,70)49-28-47(67)50(52-51(49)61-35-62-52)60-34-56(57)17-24-72-25-18-56/h4-9,11-14,19,26-28,31,35-36,39-40,46,60,67H,10,15-18,20-25,29-30,32-34H2,1-3H3,(H,58,59)(H,61,62)(H,63,68). The zero-order chi connectivity index (χ0) is 51.2. The SMILES string of the molecule is COc1ccc(CN2CCN(C3CC4(CCN(C5C=C(Oc6cnc7[nH]ccc7c6)C(C(=O)NS(=O)(=O)c6cc(O)c(NCC7(F)CCOCC7)c7[nH]cnc67)=CC5)CC4)C3)C(c3ccccc3C(C)C)C2)cc1. The molecule has 5 N–H and O–H groups in total. The van der Waals surface area contributed by atoms with Crippen LogP contribution in [0.15, 0.2) is 114 Å². The molecule has 0 radical (unpaired) electrons. The number of ether oxygens (including phenoxy) is 3. The lowest BCUT2D eigenvalue weighted by molar-refractivity contribution is -0.115. The third kappa shape index (κ3) is 10.1. The number of likely N-dealkylation sites (tertiary alicyclic amines) is 1. The van der Waals surface area contributed by atoms with Gasteiger partial charge in [-0.1, -0.05) is 56.3 Å². The second-order valence-corrected chi connectivity index (χ2v) is 23.0. The Morgan fingerprint density at radius 2 is 1.76 bits per heavy atom. The number of alkyl halides is 1. The number of piperidine rings is 1. The molecule has 74 heavy (non-hydrogen) atoms. The molecule has 5 aliphatic rings. The number of imidazole rings is 1. The minimum Gasteiger partial charge on any atom is -0.506 e. The predicted octanol–water partition coefficient (Wildman–Crippen LogP) is 8.48. The molecule has 390 valence electrons. The lowest BCUT2D eigenvalue weighted by Gasteiger charge is -2.58. The van der Waals surface area contributed by atoms with Crippen LogP contribution in [-0.2, 0) is 26.1 Å². The van der Waals surface area contributed by atoms with Gasteiger partial charge in [-0.15, -0.1) is 0 Å². The molecule has 1 amide bonds. The monoisotopic (exact) mass is 1030 g/mol. The number of aromatic hydroxyl groups is 1. The van der Waals surface area contributed by atoms with Crippen LogP contribution in [0.2, 0.25) is 0 Å². The van der Waals surface area contributed by atoms with Crippen molar-refractivity contribution in [2.75, 3.05) is 64.9 Å². The number of H-pyrrole nitrogens is 2. The number of carbonyl (C=O) groups is 1. The van der Waals surface area contributed by atoms with Crippen molar-refractivity contribution in [3.63, 3.8) is 0 Å². The number of sulfonamides is 1. The highest BCUT2D eigenvalue weighted by Crippen LogP contribution is 2.53. The maximum Gasteiger partial charge on any atom is 0.268 e. The van der Waals surface area contributed by atoms with Crippen LogP contribution in [0, 0.1) is 5.41 Å². The van der Waals surface area contributed by atoms with E-state index in [9.17, 15) is 18.3 Å². The number of halogens is 1. The Balaban J connectivity index is 0.778. The number of nitrogens with one attached hydrogen (secondary N) is 4. The minimum atomic E-state index is -4.63. The van der Waals surface area contributed by atoms with Gasteiger partial charge in [-0.05, 0) is 104 Å². The molecule has 2 unspecified atom stereocenters. The van der Waals surface area contributed by atoms with Crippen molar-refractivity contribution in [3.8, 4) is 17.2 Å². The number of anilines is 1. The highest BCUT2D eigenvalue weighted by Gasteiger charge is 2.50. The van der Waals surface area contributed by atoms with Gasteiger partial charge in [0.25, 0.3) is 15.9 Å². The number of aromatic nitrogens is 4. The summed E-state index contributed by atoms with van der Waals surface area (Å²) in [4.78, 5) is 36.4. The number of nitrogens with zero attached hydrogens (tertiary/aromatic N) is 5. The first-order chi connectivity index (χ1) is 35.8. The van der Waals surface area contributed by atoms with Crippen LogP contribution >= 0.6 is 0 Å². The molecule has 3 aliphatic heterocycles. The van der Waals surface area contributed by atoms with Gasteiger partial charge < -0.3 is 34.6 Å². The number of carbonyl (C=O) groups excluding carboxylic acids is 1. The van der Waals surface area contributed by atoms with Crippen molar-refractivity contribution in [2.45, 2.75) is 99.9 Å². The summed E-state index contributed by atoms with van der Waals surface area (Å²) in [5.41, 5.74) is 3.81. The Kier molecular flexibility index (Phi) is 13.8. The fraction of sp³-hybridized carbons (Fsp3) is 0.446. The summed E-state index contributed by atoms with van der Waals surface area (Å²) >= 11 is 0. The van der Waals surface area contributed by atoms with E-state index in [0.717, 1.165) is 82.2 Å². The molecule has 6 heterocycles. The van der Waals surface area contributed by atoms with Crippen LogP contribution in [0.4, 0.5) is 10.1 Å². The fourth-order valence-electron chi connectivity index (χ4n) is 12.1. The van der Waals surface area contributed by atoms with Gasteiger partial charge in [0, 0.05) is 94.6 Å². The van der Waals surface area contributed by atoms with Gasteiger partial charge in [-0.25, -0.2) is 27.5 Å². The smallest absolute Gasteiger partial charge is 0.268 e. The third-order valence-corrected chi connectivity index (χ3v) is 17.7. The molecule has 2 atom stereocenters. The number of rotatable bonds is 15. The summed E-state index contributed by atoms with van der Waals surface area (Å²) in [5.74, 6) is 0.557. The average Bonchev–Trinajstić information content (AvgIpc) is 4.09. The minimum absolute atomic E-state index is 0.0265. The number of hydrogen-bond donors (Lipinski definition) is 5. The van der Waals surface area contributed by atoms with Crippen molar-refractivity contribution in [1.29, 1.82) is 0 Å². The first-order valence-electron chi connectivity index (χ1n) is 26.0. The van der Waals surface area contributed by atoms with Gasteiger partial charge in [0.15, 0.2) is 0 Å². The first kappa shape index (κ1) is 49.9. The van der Waals surface area contributed by atoms with E-state index >= 15 is 4.39 Å². The van der Waals surface area contributed by atoms with E-state index in [1.807, 2.05) is 30.3 Å². The molecular formula is C56H66FN9O7S. The van der Waals surface area contributed by atoms with Crippen molar-refractivity contribution >= 4 is 43.7 Å².